The van der Waals surface area contributed by atoms with Gasteiger partial charge in [-0.3, -0.25) is 9.63 Å². The molecule has 2 rings (SSSR count). The molecule has 0 aromatic heterocycles. The van der Waals surface area contributed by atoms with E-state index in [1.807, 2.05) is 30.3 Å². The van der Waals surface area contributed by atoms with Crippen molar-refractivity contribution in [3.63, 3.8) is 0 Å². The lowest BCUT2D eigenvalue weighted by Crippen LogP contribution is -2.44. The summed E-state index contributed by atoms with van der Waals surface area (Å²) in [5, 5.41) is 11.4. The highest BCUT2D eigenvalue weighted by Gasteiger charge is 2.51. The van der Waals surface area contributed by atoms with Gasteiger partial charge in [0.25, 0.3) is 0 Å². The third-order valence-electron chi connectivity index (χ3n) is 3.25. The molecule has 1 N–H and O–H groups in total. The second-order valence-corrected chi connectivity index (χ2v) is 4.57. The molecule has 0 aliphatic carbocycles. The zero-order valence-electron chi connectivity index (χ0n) is 11.8. The van der Waals surface area contributed by atoms with E-state index >= 15 is 0 Å². The Labute approximate surface area is 122 Å². The van der Waals surface area contributed by atoms with E-state index in [-0.39, 0.29) is 6.54 Å². The Balaban J connectivity index is 2.20. The van der Waals surface area contributed by atoms with Gasteiger partial charge in [0, 0.05) is 0 Å². The minimum atomic E-state index is -1.35. The number of carbonyl (C=O) groups excluding carboxylic acids is 2. The first-order chi connectivity index (χ1) is 10.1. The van der Waals surface area contributed by atoms with Gasteiger partial charge in [-0.2, -0.15) is 5.06 Å². The quantitative estimate of drug-likeness (QED) is 0.775. The van der Waals surface area contributed by atoms with Gasteiger partial charge in [0.15, 0.2) is 6.04 Å². The van der Waals surface area contributed by atoms with E-state index in [1.54, 1.807) is 0 Å². The highest BCUT2D eigenvalue weighted by molar-refractivity contribution is 5.81. The molecule has 1 aliphatic heterocycles. The van der Waals surface area contributed by atoms with Crippen LogP contribution in [0.1, 0.15) is 5.56 Å². The Kier molecular flexibility index (Phi) is 4.89. The molecule has 1 aromatic carbocycles. The highest BCUT2D eigenvalue weighted by atomic mass is 16.7. The molecule has 7 heteroatoms. The molecule has 0 radical (unpaired) electrons. The predicted octanol–water partition coefficient (Wildman–Crippen LogP) is -0.122. The second kappa shape index (κ2) is 6.66. The first kappa shape index (κ1) is 15.4. The fourth-order valence-electron chi connectivity index (χ4n) is 2.19. The zero-order chi connectivity index (χ0) is 15.4. The van der Waals surface area contributed by atoms with Gasteiger partial charge in [0.05, 0.1) is 20.8 Å². The first-order valence-electron chi connectivity index (χ1n) is 6.39. The molecular weight excluding hydrogens is 278 g/mol. The first-order valence-corrected chi connectivity index (χ1v) is 6.39. The number of aliphatic hydroxyl groups excluding tert-OH is 1. The van der Waals surface area contributed by atoms with Crippen LogP contribution in [0.25, 0.3) is 0 Å². The lowest BCUT2D eigenvalue weighted by atomic mass is 10.1. The van der Waals surface area contributed by atoms with Crippen molar-refractivity contribution in [1.29, 1.82) is 0 Å². The summed E-state index contributed by atoms with van der Waals surface area (Å²) in [6.07, 6.45) is -2.60. The number of hydrogen-bond acceptors (Lipinski definition) is 7. The number of nitrogens with zero attached hydrogens (tertiary/aromatic N) is 1. The molecule has 3 atom stereocenters. The topological polar surface area (TPSA) is 85.3 Å². The molecule has 0 spiro atoms. The Morgan fingerprint density at radius 3 is 2.38 bits per heavy atom. The van der Waals surface area contributed by atoms with E-state index in [0.29, 0.717) is 0 Å². The van der Waals surface area contributed by atoms with Crippen molar-refractivity contribution in [2.45, 2.75) is 24.8 Å². The van der Waals surface area contributed by atoms with Crippen molar-refractivity contribution in [3.8, 4) is 0 Å². The Morgan fingerprint density at radius 1 is 1.19 bits per heavy atom. The summed E-state index contributed by atoms with van der Waals surface area (Å²) in [5.41, 5.74) is 0.865. The lowest BCUT2D eigenvalue weighted by molar-refractivity contribution is -0.197. The minimum Gasteiger partial charge on any atom is -0.468 e. The molecule has 1 heterocycles. The molecule has 1 aromatic rings. The van der Waals surface area contributed by atoms with Crippen LogP contribution >= 0.6 is 0 Å². The van der Waals surface area contributed by atoms with Crippen LogP contribution in [0, 0.1) is 0 Å². The monoisotopic (exact) mass is 295 g/mol. The lowest BCUT2D eigenvalue weighted by Gasteiger charge is -2.21. The molecule has 114 valence electrons. The van der Waals surface area contributed by atoms with Crippen LogP contribution in [0.4, 0.5) is 0 Å². The molecule has 1 aliphatic rings. The van der Waals surface area contributed by atoms with Crippen LogP contribution in [0.5, 0.6) is 0 Å². The number of hydrogen-bond donors (Lipinski definition) is 1. The van der Waals surface area contributed by atoms with Crippen molar-refractivity contribution in [2.75, 3.05) is 14.2 Å². The molecule has 1 fully saturated rings. The van der Waals surface area contributed by atoms with Crippen LogP contribution in [-0.4, -0.2) is 54.6 Å². The number of benzene rings is 1. The smallest absolute Gasteiger partial charge is 0.339 e. The van der Waals surface area contributed by atoms with Crippen LogP contribution in [0.15, 0.2) is 30.3 Å². The van der Waals surface area contributed by atoms with Gasteiger partial charge in [0.2, 0.25) is 6.10 Å². The van der Waals surface area contributed by atoms with Gasteiger partial charge < -0.3 is 14.6 Å². The molecule has 0 bridgehead atoms. The largest absolute Gasteiger partial charge is 0.468 e. The average molecular weight is 295 g/mol. The van der Waals surface area contributed by atoms with Crippen molar-refractivity contribution in [1.82, 2.24) is 5.06 Å². The SMILES string of the molecule is COC(=O)[C@@H]1ON(Cc2ccccc2)[C@@H](C(=O)OC)[C@H]1O. The number of methoxy groups -OCH3 is 2. The fourth-order valence-corrected chi connectivity index (χ4v) is 2.19. The molecule has 0 unspecified atom stereocenters. The van der Waals surface area contributed by atoms with E-state index < -0.39 is 30.2 Å². The van der Waals surface area contributed by atoms with Gasteiger partial charge in [-0.25, -0.2) is 4.79 Å². The van der Waals surface area contributed by atoms with Gasteiger partial charge in [-0.1, -0.05) is 30.3 Å². The maximum Gasteiger partial charge on any atom is 0.339 e. The van der Waals surface area contributed by atoms with Crippen LogP contribution < -0.4 is 0 Å². The number of hydroxylamine groups is 2. The summed E-state index contributed by atoms with van der Waals surface area (Å²) in [7, 11) is 2.40. The van der Waals surface area contributed by atoms with Crippen LogP contribution in [-0.2, 0) is 30.4 Å². The van der Waals surface area contributed by atoms with E-state index in [1.165, 1.54) is 19.3 Å². The third-order valence-corrected chi connectivity index (χ3v) is 3.25. The fraction of sp³-hybridized carbons (Fsp3) is 0.429. The van der Waals surface area contributed by atoms with Crippen molar-refractivity contribution < 1.29 is 29.0 Å². The third kappa shape index (κ3) is 3.21. The van der Waals surface area contributed by atoms with Gasteiger partial charge in [-0.15, -0.1) is 0 Å². The normalized spacial score (nSPS) is 25.6. The van der Waals surface area contributed by atoms with Gasteiger partial charge >= 0.3 is 11.9 Å². The van der Waals surface area contributed by atoms with E-state index in [2.05, 4.69) is 9.47 Å². The summed E-state index contributed by atoms with van der Waals surface area (Å²) < 4.78 is 9.22. The van der Waals surface area contributed by atoms with Crippen molar-refractivity contribution in [2.24, 2.45) is 0 Å². The minimum absolute atomic E-state index is 0.227. The number of rotatable bonds is 4. The van der Waals surface area contributed by atoms with Crippen LogP contribution in [0.3, 0.4) is 0 Å². The summed E-state index contributed by atoms with van der Waals surface area (Å²) >= 11 is 0. The number of carbonyl (C=O) groups is 2. The summed E-state index contributed by atoms with van der Waals surface area (Å²) in [6, 6.07) is 8.14. The highest BCUT2D eigenvalue weighted by Crippen LogP contribution is 2.25. The molecule has 1 saturated heterocycles. The molecule has 0 saturated carbocycles. The molecular formula is C14H17NO6. The van der Waals surface area contributed by atoms with E-state index in [9.17, 15) is 14.7 Å². The van der Waals surface area contributed by atoms with Gasteiger partial charge in [0.1, 0.15) is 6.10 Å². The Hall–Kier alpha value is -1.96. The maximum absolute atomic E-state index is 11.8. The average Bonchev–Trinajstić information content (AvgIpc) is 2.83. The molecule has 7 nitrogen and oxygen atoms in total. The second-order valence-electron chi connectivity index (χ2n) is 4.57. The standard InChI is InChI=1S/C14H17NO6/c1-19-13(17)10-11(16)12(14(18)20-2)21-15(10)8-9-6-4-3-5-7-9/h3-7,10-12,16H,8H2,1-2H3/t10-,11-,12-/m1/s1. The van der Waals surface area contributed by atoms with Crippen LogP contribution in [0.2, 0.25) is 0 Å². The predicted molar refractivity (Wildman–Crippen MR) is 70.7 cm³/mol. The van der Waals surface area contributed by atoms with E-state index in [0.717, 1.165) is 5.56 Å². The number of esters is 2. The summed E-state index contributed by atoms with van der Waals surface area (Å²) in [6.45, 7) is 0.227. The number of ether oxygens (including phenoxy) is 2. The van der Waals surface area contributed by atoms with Gasteiger partial charge in [-0.05, 0) is 5.56 Å². The van der Waals surface area contributed by atoms with Crippen molar-refractivity contribution in [3.05, 3.63) is 35.9 Å². The Bertz CT molecular complexity index is 505. The summed E-state index contributed by atoms with van der Waals surface area (Å²) in [4.78, 5) is 28.8. The molecule has 21 heavy (non-hydrogen) atoms. The number of aliphatic hydroxyl groups is 1. The zero-order valence-corrected chi connectivity index (χ0v) is 11.8. The van der Waals surface area contributed by atoms with Crippen molar-refractivity contribution >= 4 is 11.9 Å². The Morgan fingerprint density at radius 2 is 1.81 bits per heavy atom. The molecule has 0 amide bonds. The summed E-state index contributed by atoms with van der Waals surface area (Å²) in [5.74, 6) is -1.42. The van der Waals surface area contributed by atoms with E-state index in [4.69, 9.17) is 4.84 Å². The maximum atomic E-state index is 11.8.